The summed E-state index contributed by atoms with van der Waals surface area (Å²) in [5, 5.41) is 3.16. The number of benzene rings is 2. The standard InChI is InChI=1S/C22H25NO3/c1-5-12-25-17-9-7-16(8-10-17)21(24)23-19-14-22(3,4)26-20-11-6-15(2)13-18(19)20/h5-11,13,19H,1,12,14H2,2-4H3,(H,23,24). The number of fused-ring (bicyclic) bond motifs is 1. The fourth-order valence-corrected chi connectivity index (χ4v) is 3.20. The number of amides is 1. The molecule has 3 rings (SSSR count). The van der Waals surface area contributed by atoms with Gasteiger partial charge in [-0.25, -0.2) is 0 Å². The van der Waals surface area contributed by atoms with Crippen LogP contribution >= 0.6 is 0 Å². The van der Waals surface area contributed by atoms with Crippen molar-refractivity contribution in [3.05, 3.63) is 71.8 Å². The second-order valence-electron chi connectivity index (χ2n) is 7.26. The van der Waals surface area contributed by atoms with Crippen LogP contribution in [0.15, 0.2) is 55.1 Å². The van der Waals surface area contributed by atoms with Crippen LogP contribution in [0.1, 0.15) is 47.8 Å². The molecule has 1 amide bonds. The minimum Gasteiger partial charge on any atom is -0.490 e. The maximum absolute atomic E-state index is 12.7. The van der Waals surface area contributed by atoms with Gasteiger partial charge in [0.2, 0.25) is 0 Å². The maximum Gasteiger partial charge on any atom is 0.251 e. The topological polar surface area (TPSA) is 47.6 Å². The Kier molecular flexibility index (Phi) is 5.03. The molecular formula is C22H25NO3. The quantitative estimate of drug-likeness (QED) is 0.801. The number of carbonyl (C=O) groups excluding carboxylic acids is 1. The van der Waals surface area contributed by atoms with E-state index in [-0.39, 0.29) is 17.6 Å². The molecule has 0 aliphatic carbocycles. The van der Waals surface area contributed by atoms with Gasteiger partial charge in [-0.05, 0) is 51.1 Å². The molecule has 0 bridgehead atoms. The molecule has 2 aromatic rings. The molecule has 1 heterocycles. The van der Waals surface area contributed by atoms with Gasteiger partial charge < -0.3 is 14.8 Å². The number of carbonyl (C=O) groups is 1. The molecule has 2 aromatic carbocycles. The molecule has 1 atom stereocenters. The third-order valence-electron chi connectivity index (χ3n) is 4.41. The van der Waals surface area contributed by atoms with Crippen LogP contribution in [0.4, 0.5) is 0 Å². The van der Waals surface area contributed by atoms with Gasteiger partial charge in [-0.15, -0.1) is 0 Å². The average molecular weight is 351 g/mol. The predicted octanol–water partition coefficient (Wildman–Crippen LogP) is 4.59. The summed E-state index contributed by atoms with van der Waals surface area (Å²) in [7, 11) is 0. The summed E-state index contributed by atoms with van der Waals surface area (Å²) in [6.07, 6.45) is 2.41. The van der Waals surface area contributed by atoms with Crippen LogP contribution in [-0.2, 0) is 0 Å². The highest BCUT2D eigenvalue weighted by atomic mass is 16.5. The van der Waals surface area contributed by atoms with Gasteiger partial charge in [-0.2, -0.15) is 0 Å². The molecule has 0 spiro atoms. The normalized spacial score (nSPS) is 17.6. The molecule has 136 valence electrons. The molecule has 0 saturated carbocycles. The molecule has 1 aliphatic heterocycles. The van der Waals surface area contributed by atoms with E-state index in [0.717, 1.165) is 29.0 Å². The van der Waals surface area contributed by atoms with E-state index in [1.54, 1.807) is 30.3 Å². The third-order valence-corrected chi connectivity index (χ3v) is 4.41. The van der Waals surface area contributed by atoms with Crippen molar-refractivity contribution in [1.29, 1.82) is 0 Å². The van der Waals surface area contributed by atoms with E-state index in [1.165, 1.54) is 0 Å². The van der Waals surface area contributed by atoms with Gasteiger partial charge in [0, 0.05) is 17.5 Å². The molecule has 4 nitrogen and oxygen atoms in total. The van der Waals surface area contributed by atoms with E-state index in [4.69, 9.17) is 9.47 Å². The highest BCUT2D eigenvalue weighted by Crippen LogP contribution is 2.40. The maximum atomic E-state index is 12.7. The monoisotopic (exact) mass is 351 g/mol. The van der Waals surface area contributed by atoms with Gasteiger partial charge in [0.15, 0.2) is 0 Å². The van der Waals surface area contributed by atoms with Crippen LogP contribution in [0.25, 0.3) is 0 Å². The van der Waals surface area contributed by atoms with Crippen LogP contribution < -0.4 is 14.8 Å². The highest BCUT2D eigenvalue weighted by molar-refractivity contribution is 5.94. The van der Waals surface area contributed by atoms with Crippen LogP contribution in [0.2, 0.25) is 0 Å². The molecule has 1 unspecified atom stereocenters. The zero-order chi connectivity index (χ0) is 18.7. The molecule has 26 heavy (non-hydrogen) atoms. The van der Waals surface area contributed by atoms with Crippen molar-refractivity contribution in [2.24, 2.45) is 0 Å². The Balaban J connectivity index is 1.78. The van der Waals surface area contributed by atoms with Crippen molar-refractivity contribution in [2.45, 2.75) is 38.8 Å². The first-order valence-corrected chi connectivity index (χ1v) is 8.82. The Bertz CT molecular complexity index is 809. The lowest BCUT2D eigenvalue weighted by Gasteiger charge is -2.38. The van der Waals surface area contributed by atoms with Crippen LogP contribution in [0.5, 0.6) is 11.5 Å². The van der Waals surface area contributed by atoms with Gasteiger partial charge >= 0.3 is 0 Å². The highest BCUT2D eigenvalue weighted by Gasteiger charge is 2.34. The zero-order valence-electron chi connectivity index (χ0n) is 15.5. The van der Waals surface area contributed by atoms with E-state index in [0.29, 0.717) is 12.2 Å². The van der Waals surface area contributed by atoms with E-state index in [2.05, 4.69) is 18.0 Å². The molecule has 0 saturated heterocycles. The van der Waals surface area contributed by atoms with Gasteiger partial charge in [-0.1, -0.05) is 30.4 Å². The smallest absolute Gasteiger partial charge is 0.251 e. The van der Waals surface area contributed by atoms with Crippen LogP contribution in [-0.4, -0.2) is 18.1 Å². The first kappa shape index (κ1) is 18.1. The Morgan fingerprint density at radius 1 is 1.31 bits per heavy atom. The molecule has 4 heteroatoms. The van der Waals surface area contributed by atoms with E-state index in [1.807, 2.05) is 32.9 Å². The number of hydrogen-bond donors (Lipinski definition) is 1. The van der Waals surface area contributed by atoms with E-state index >= 15 is 0 Å². The summed E-state index contributed by atoms with van der Waals surface area (Å²) in [4.78, 5) is 12.7. The second kappa shape index (κ2) is 7.24. The zero-order valence-corrected chi connectivity index (χ0v) is 15.5. The van der Waals surface area contributed by atoms with Crippen molar-refractivity contribution in [3.8, 4) is 11.5 Å². The van der Waals surface area contributed by atoms with E-state index < -0.39 is 0 Å². The summed E-state index contributed by atoms with van der Waals surface area (Å²) in [5.41, 5.74) is 2.45. The largest absolute Gasteiger partial charge is 0.490 e. The summed E-state index contributed by atoms with van der Waals surface area (Å²) < 4.78 is 11.5. The van der Waals surface area contributed by atoms with Gasteiger partial charge in [-0.3, -0.25) is 4.79 Å². The molecule has 1 N–H and O–H groups in total. The number of rotatable bonds is 5. The number of ether oxygens (including phenoxy) is 2. The molecule has 0 radical (unpaired) electrons. The van der Waals surface area contributed by atoms with Crippen LogP contribution in [0, 0.1) is 6.92 Å². The van der Waals surface area contributed by atoms with Gasteiger partial charge in [0.25, 0.3) is 5.91 Å². The van der Waals surface area contributed by atoms with Gasteiger partial charge in [0.05, 0.1) is 6.04 Å². The summed E-state index contributed by atoms with van der Waals surface area (Å²) in [6.45, 7) is 10.2. The minimum atomic E-state index is -0.331. The van der Waals surface area contributed by atoms with Crippen molar-refractivity contribution in [2.75, 3.05) is 6.61 Å². The molecule has 0 aromatic heterocycles. The molecule has 1 aliphatic rings. The molecule has 0 fully saturated rings. The van der Waals surface area contributed by atoms with Crippen molar-refractivity contribution < 1.29 is 14.3 Å². The first-order valence-electron chi connectivity index (χ1n) is 8.82. The Labute approximate surface area is 154 Å². The fourth-order valence-electron chi connectivity index (χ4n) is 3.20. The van der Waals surface area contributed by atoms with E-state index in [9.17, 15) is 4.79 Å². The van der Waals surface area contributed by atoms with Gasteiger partial charge in [0.1, 0.15) is 23.7 Å². The van der Waals surface area contributed by atoms with Crippen LogP contribution in [0.3, 0.4) is 0 Å². The van der Waals surface area contributed by atoms with Crippen molar-refractivity contribution >= 4 is 5.91 Å². The third kappa shape index (κ3) is 4.07. The average Bonchev–Trinajstić information content (AvgIpc) is 2.60. The Morgan fingerprint density at radius 2 is 2.04 bits per heavy atom. The lowest BCUT2D eigenvalue weighted by atomic mass is 9.88. The SMILES string of the molecule is C=CCOc1ccc(C(=O)NC2CC(C)(C)Oc3ccc(C)cc32)cc1. The predicted molar refractivity (Wildman–Crippen MR) is 103 cm³/mol. The Morgan fingerprint density at radius 3 is 2.73 bits per heavy atom. The summed E-state index contributed by atoms with van der Waals surface area (Å²) in [5.74, 6) is 1.45. The minimum absolute atomic E-state index is 0.0853. The second-order valence-corrected chi connectivity index (χ2v) is 7.26. The van der Waals surface area contributed by atoms with Crippen molar-refractivity contribution in [3.63, 3.8) is 0 Å². The summed E-state index contributed by atoms with van der Waals surface area (Å²) in [6, 6.07) is 13.1. The lowest BCUT2D eigenvalue weighted by molar-refractivity contribution is 0.0619. The number of nitrogens with one attached hydrogen (secondary N) is 1. The Hall–Kier alpha value is -2.75. The first-order chi connectivity index (χ1) is 12.4. The summed E-state index contributed by atoms with van der Waals surface area (Å²) >= 11 is 0. The fraction of sp³-hybridized carbons (Fsp3) is 0.318. The number of aryl methyl sites for hydroxylation is 1. The number of hydrogen-bond acceptors (Lipinski definition) is 3. The van der Waals surface area contributed by atoms with Crippen molar-refractivity contribution in [1.82, 2.24) is 5.32 Å². The molecular weight excluding hydrogens is 326 g/mol. The lowest BCUT2D eigenvalue weighted by Crippen LogP contribution is -2.41.